The van der Waals surface area contributed by atoms with E-state index < -0.39 is 35.6 Å². The predicted octanol–water partition coefficient (Wildman–Crippen LogP) is 1.75. The highest BCUT2D eigenvalue weighted by atomic mass is 19.1. The van der Waals surface area contributed by atoms with E-state index in [1.807, 2.05) is 0 Å². The molecule has 0 saturated carbocycles. The number of benzene rings is 2. The van der Waals surface area contributed by atoms with Crippen molar-refractivity contribution in [1.29, 1.82) is 0 Å². The number of rotatable bonds is 6. The molecule has 1 unspecified atom stereocenters. The number of halogens is 2. The SMILES string of the molecule is COc1cccc(NC(=O)N2CCCN(C(=O)c3cc(F)cc(F)c3)C2C(=O)NCCN)c1. The number of ether oxygens (including phenoxy) is 1. The van der Waals surface area contributed by atoms with Crippen molar-refractivity contribution in [2.24, 2.45) is 5.73 Å². The van der Waals surface area contributed by atoms with Gasteiger partial charge in [-0.25, -0.2) is 13.6 Å². The monoisotopic (exact) mass is 461 g/mol. The quantitative estimate of drug-likeness (QED) is 0.606. The lowest BCUT2D eigenvalue weighted by molar-refractivity contribution is -0.132. The average Bonchev–Trinajstić information content (AvgIpc) is 2.81. The first kappa shape index (κ1) is 23.9. The third-order valence-corrected chi connectivity index (χ3v) is 5.02. The van der Waals surface area contributed by atoms with Crippen molar-refractivity contribution in [2.45, 2.75) is 12.6 Å². The fourth-order valence-electron chi connectivity index (χ4n) is 3.56. The molecule has 9 nitrogen and oxygen atoms in total. The van der Waals surface area contributed by atoms with Crippen LogP contribution in [0.3, 0.4) is 0 Å². The average molecular weight is 461 g/mol. The van der Waals surface area contributed by atoms with Gasteiger partial charge in [-0.3, -0.25) is 14.5 Å². The van der Waals surface area contributed by atoms with Gasteiger partial charge < -0.3 is 26.0 Å². The van der Waals surface area contributed by atoms with Crippen LogP contribution in [0.25, 0.3) is 0 Å². The molecule has 1 aliphatic rings. The Kier molecular flexibility index (Phi) is 7.78. The van der Waals surface area contributed by atoms with Crippen LogP contribution in [0.5, 0.6) is 5.75 Å². The van der Waals surface area contributed by atoms with Crippen LogP contribution >= 0.6 is 0 Å². The van der Waals surface area contributed by atoms with E-state index in [4.69, 9.17) is 10.5 Å². The zero-order valence-electron chi connectivity index (χ0n) is 18.0. The number of methoxy groups -OCH3 is 1. The van der Waals surface area contributed by atoms with Gasteiger partial charge in [-0.15, -0.1) is 0 Å². The van der Waals surface area contributed by atoms with Crippen molar-refractivity contribution in [3.8, 4) is 5.75 Å². The topological polar surface area (TPSA) is 117 Å². The minimum atomic E-state index is -1.34. The Morgan fingerprint density at radius 2 is 1.79 bits per heavy atom. The first-order chi connectivity index (χ1) is 15.8. The highest BCUT2D eigenvalue weighted by molar-refractivity contribution is 6.00. The van der Waals surface area contributed by atoms with E-state index in [0.717, 1.165) is 17.0 Å². The molecule has 2 aromatic rings. The number of nitrogens with zero attached hydrogens (tertiary/aromatic N) is 2. The van der Waals surface area contributed by atoms with Crippen molar-refractivity contribution in [1.82, 2.24) is 15.1 Å². The molecule has 0 bridgehead atoms. The molecule has 11 heteroatoms. The summed E-state index contributed by atoms with van der Waals surface area (Å²) in [5.41, 5.74) is 5.63. The summed E-state index contributed by atoms with van der Waals surface area (Å²) in [4.78, 5) is 41.5. The van der Waals surface area contributed by atoms with E-state index in [1.165, 1.54) is 12.0 Å². The third kappa shape index (κ3) is 5.75. The number of urea groups is 1. The Morgan fingerprint density at radius 3 is 2.45 bits per heavy atom. The Labute approximate surface area is 189 Å². The van der Waals surface area contributed by atoms with Gasteiger partial charge in [0.25, 0.3) is 11.8 Å². The van der Waals surface area contributed by atoms with Crippen LogP contribution in [0.1, 0.15) is 16.8 Å². The minimum Gasteiger partial charge on any atom is -0.497 e. The molecular weight excluding hydrogens is 436 g/mol. The van der Waals surface area contributed by atoms with Crippen molar-refractivity contribution < 1.29 is 27.9 Å². The van der Waals surface area contributed by atoms with Crippen LogP contribution in [0, 0.1) is 11.6 Å². The first-order valence-electron chi connectivity index (χ1n) is 10.3. The van der Waals surface area contributed by atoms with Crippen molar-refractivity contribution in [3.63, 3.8) is 0 Å². The van der Waals surface area contributed by atoms with Crippen LogP contribution in [0.15, 0.2) is 42.5 Å². The summed E-state index contributed by atoms with van der Waals surface area (Å²) in [6.45, 7) is 0.563. The molecule has 176 valence electrons. The normalized spacial score (nSPS) is 15.7. The van der Waals surface area contributed by atoms with E-state index in [0.29, 0.717) is 23.9 Å². The molecule has 0 aliphatic carbocycles. The van der Waals surface area contributed by atoms with Crippen LogP contribution in [0.4, 0.5) is 19.3 Å². The standard InChI is InChI=1S/C22H25F2N5O4/c1-33-18-5-2-4-17(13-18)27-22(32)29-9-3-8-28(20(29)19(30)26-7-6-25)21(31)14-10-15(23)12-16(24)11-14/h2,4-5,10-13,20H,3,6-9,25H2,1H3,(H,26,30)(H,27,32). The first-order valence-corrected chi connectivity index (χ1v) is 10.3. The molecule has 3 rings (SSSR count). The Morgan fingerprint density at radius 1 is 1.09 bits per heavy atom. The van der Waals surface area contributed by atoms with Crippen molar-refractivity contribution in [2.75, 3.05) is 38.6 Å². The van der Waals surface area contributed by atoms with E-state index in [2.05, 4.69) is 10.6 Å². The molecule has 2 aromatic carbocycles. The van der Waals surface area contributed by atoms with Gasteiger partial charge in [0, 0.05) is 49.6 Å². The summed E-state index contributed by atoms with van der Waals surface area (Å²) in [7, 11) is 1.49. The summed E-state index contributed by atoms with van der Waals surface area (Å²) >= 11 is 0. The Hall–Kier alpha value is -3.73. The summed E-state index contributed by atoms with van der Waals surface area (Å²) in [5, 5.41) is 5.27. The molecule has 1 heterocycles. The number of anilines is 1. The fraction of sp³-hybridized carbons (Fsp3) is 0.318. The predicted molar refractivity (Wildman–Crippen MR) is 117 cm³/mol. The Bertz CT molecular complexity index is 1020. The number of nitrogens with two attached hydrogens (primary N) is 1. The molecule has 0 spiro atoms. The molecule has 1 saturated heterocycles. The van der Waals surface area contributed by atoms with Crippen LogP contribution in [-0.2, 0) is 4.79 Å². The second kappa shape index (κ2) is 10.7. The van der Waals surface area contributed by atoms with E-state index in [-0.39, 0.29) is 31.7 Å². The number of hydrogen-bond acceptors (Lipinski definition) is 5. The summed E-state index contributed by atoms with van der Waals surface area (Å²) < 4.78 is 32.5. The van der Waals surface area contributed by atoms with Crippen LogP contribution in [-0.4, -0.2) is 67.1 Å². The second-order valence-corrected chi connectivity index (χ2v) is 7.32. The fourth-order valence-corrected chi connectivity index (χ4v) is 3.56. The van der Waals surface area contributed by atoms with Gasteiger partial charge in [0.15, 0.2) is 6.17 Å². The zero-order chi connectivity index (χ0) is 24.0. The highest BCUT2D eigenvalue weighted by Gasteiger charge is 2.40. The lowest BCUT2D eigenvalue weighted by atomic mass is 10.1. The van der Waals surface area contributed by atoms with Gasteiger partial charge in [-0.05, 0) is 30.7 Å². The van der Waals surface area contributed by atoms with Gasteiger partial charge in [0.2, 0.25) is 0 Å². The van der Waals surface area contributed by atoms with Gasteiger partial charge in [0.1, 0.15) is 17.4 Å². The summed E-state index contributed by atoms with van der Waals surface area (Å²) in [5.74, 6) is -2.74. The van der Waals surface area contributed by atoms with Crippen molar-refractivity contribution in [3.05, 3.63) is 59.7 Å². The molecule has 33 heavy (non-hydrogen) atoms. The van der Waals surface area contributed by atoms with Crippen LogP contribution in [0.2, 0.25) is 0 Å². The smallest absolute Gasteiger partial charge is 0.323 e. The second-order valence-electron chi connectivity index (χ2n) is 7.32. The number of nitrogens with one attached hydrogen (secondary N) is 2. The van der Waals surface area contributed by atoms with E-state index in [9.17, 15) is 23.2 Å². The molecule has 0 aromatic heterocycles. The van der Waals surface area contributed by atoms with Gasteiger partial charge in [-0.2, -0.15) is 0 Å². The summed E-state index contributed by atoms with van der Waals surface area (Å²) in [6.07, 6.45) is -0.981. The van der Waals surface area contributed by atoms with Crippen molar-refractivity contribution >= 4 is 23.5 Å². The van der Waals surface area contributed by atoms with Gasteiger partial charge in [-0.1, -0.05) is 6.07 Å². The largest absolute Gasteiger partial charge is 0.497 e. The molecule has 4 amide bonds. The third-order valence-electron chi connectivity index (χ3n) is 5.02. The number of amides is 4. The lowest BCUT2D eigenvalue weighted by Crippen LogP contribution is -2.64. The maximum Gasteiger partial charge on any atom is 0.323 e. The number of hydrogen-bond donors (Lipinski definition) is 3. The van der Waals surface area contributed by atoms with Crippen LogP contribution < -0.4 is 21.1 Å². The summed E-state index contributed by atoms with van der Waals surface area (Å²) in [6, 6.07) is 8.43. The molecule has 4 N–H and O–H groups in total. The number of carbonyl (C=O) groups is 3. The molecular formula is C22H25F2N5O4. The highest BCUT2D eigenvalue weighted by Crippen LogP contribution is 2.22. The number of carbonyl (C=O) groups excluding carboxylic acids is 3. The van der Waals surface area contributed by atoms with Gasteiger partial charge >= 0.3 is 6.03 Å². The molecule has 1 atom stereocenters. The molecule has 0 radical (unpaired) electrons. The van der Waals surface area contributed by atoms with E-state index in [1.54, 1.807) is 24.3 Å². The molecule has 1 fully saturated rings. The maximum atomic E-state index is 13.7. The Balaban J connectivity index is 1.90. The van der Waals surface area contributed by atoms with Gasteiger partial charge in [0.05, 0.1) is 7.11 Å². The minimum absolute atomic E-state index is 0.112. The van der Waals surface area contributed by atoms with E-state index >= 15 is 0 Å². The zero-order valence-corrected chi connectivity index (χ0v) is 18.0. The maximum absolute atomic E-state index is 13.7. The lowest BCUT2D eigenvalue weighted by Gasteiger charge is -2.42. The molecule has 1 aliphatic heterocycles.